The Hall–Kier alpha value is -0.650. The SMILES string of the molecule is COCC1(C(=O)NC2CCCC3OCCC23)CCNCC1. The Kier molecular flexibility index (Phi) is 4.82. The second-order valence-electron chi connectivity index (χ2n) is 6.84. The minimum atomic E-state index is -0.341. The molecule has 0 aromatic heterocycles. The van der Waals surface area contributed by atoms with Crippen LogP contribution in [-0.4, -0.2) is 51.5 Å². The summed E-state index contributed by atoms with van der Waals surface area (Å²) in [5.41, 5.74) is -0.341. The van der Waals surface area contributed by atoms with Crippen LogP contribution in [0.2, 0.25) is 0 Å². The summed E-state index contributed by atoms with van der Waals surface area (Å²) in [6.07, 6.45) is 6.60. The largest absolute Gasteiger partial charge is 0.384 e. The lowest BCUT2D eigenvalue weighted by atomic mass is 9.77. The molecule has 2 N–H and O–H groups in total. The summed E-state index contributed by atoms with van der Waals surface area (Å²) in [5, 5.41) is 6.70. The average Bonchev–Trinajstić information content (AvgIpc) is 2.98. The fourth-order valence-corrected chi connectivity index (χ4v) is 4.29. The Morgan fingerprint density at radius 2 is 2.14 bits per heavy atom. The van der Waals surface area contributed by atoms with E-state index in [1.807, 2.05) is 0 Å². The summed E-state index contributed by atoms with van der Waals surface area (Å²) in [5.74, 6) is 0.715. The van der Waals surface area contributed by atoms with Crippen molar-refractivity contribution in [3.05, 3.63) is 0 Å². The average molecular weight is 296 g/mol. The predicted molar refractivity (Wildman–Crippen MR) is 80.0 cm³/mol. The van der Waals surface area contributed by atoms with Crippen LogP contribution >= 0.6 is 0 Å². The molecule has 0 aromatic carbocycles. The number of amides is 1. The van der Waals surface area contributed by atoms with E-state index in [1.165, 1.54) is 0 Å². The number of nitrogens with one attached hydrogen (secondary N) is 2. The van der Waals surface area contributed by atoms with E-state index >= 15 is 0 Å². The molecule has 0 aromatic rings. The van der Waals surface area contributed by atoms with Crippen LogP contribution in [0.4, 0.5) is 0 Å². The lowest BCUT2D eigenvalue weighted by Crippen LogP contribution is -2.55. The topological polar surface area (TPSA) is 59.6 Å². The number of fused-ring (bicyclic) bond motifs is 1. The van der Waals surface area contributed by atoms with Gasteiger partial charge in [0.1, 0.15) is 0 Å². The van der Waals surface area contributed by atoms with Gasteiger partial charge in [-0.2, -0.15) is 0 Å². The molecule has 2 saturated heterocycles. The number of piperidine rings is 1. The van der Waals surface area contributed by atoms with Crippen molar-refractivity contribution in [1.29, 1.82) is 0 Å². The maximum Gasteiger partial charge on any atom is 0.228 e. The molecular formula is C16H28N2O3. The van der Waals surface area contributed by atoms with Gasteiger partial charge in [0.2, 0.25) is 5.91 Å². The molecular weight excluding hydrogens is 268 g/mol. The standard InChI is InChI=1S/C16H28N2O3/c1-20-11-16(6-8-17-9-7-16)15(19)18-13-3-2-4-14-12(13)5-10-21-14/h12-14,17H,2-11H2,1H3,(H,18,19). The fraction of sp³-hybridized carbons (Fsp3) is 0.938. The van der Waals surface area contributed by atoms with Crippen molar-refractivity contribution in [2.75, 3.05) is 33.4 Å². The normalized spacial score (nSPS) is 35.2. The molecule has 3 aliphatic rings. The molecule has 21 heavy (non-hydrogen) atoms. The lowest BCUT2D eigenvalue weighted by Gasteiger charge is -2.39. The van der Waals surface area contributed by atoms with E-state index in [-0.39, 0.29) is 11.3 Å². The van der Waals surface area contributed by atoms with Gasteiger partial charge in [0, 0.05) is 25.7 Å². The highest BCUT2D eigenvalue weighted by Gasteiger charge is 2.43. The van der Waals surface area contributed by atoms with Crippen LogP contribution in [0.3, 0.4) is 0 Å². The Balaban J connectivity index is 1.66. The first kappa shape index (κ1) is 15.3. The molecule has 3 fully saturated rings. The third kappa shape index (κ3) is 3.10. The van der Waals surface area contributed by atoms with Gasteiger partial charge in [-0.1, -0.05) is 0 Å². The molecule has 2 heterocycles. The van der Waals surface area contributed by atoms with Gasteiger partial charge >= 0.3 is 0 Å². The molecule has 120 valence electrons. The molecule has 3 rings (SSSR count). The number of hydrogen-bond donors (Lipinski definition) is 2. The number of rotatable bonds is 4. The first-order valence-electron chi connectivity index (χ1n) is 8.37. The molecule has 0 radical (unpaired) electrons. The van der Waals surface area contributed by atoms with Gasteiger partial charge in [0.25, 0.3) is 0 Å². The van der Waals surface area contributed by atoms with E-state index < -0.39 is 0 Å². The maximum absolute atomic E-state index is 12.9. The lowest BCUT2D eigenvalue weighted by molar-refractivity contribution is -0.137. The minimum Gasteiger partial charge on any atom is -0.384 e. The van der Waals surface area contributed by atoms with Crippen LogP contribution < -0.4 is 10.6 Å². The molecule has 3 unspecified atom stereocenters. The summed E-state index contributed by atoms with van der Waals surface area (Å²) < 4.78 is 11.2. The van der Waals surface area contributed by atoms with Gasteiger partial charge in [-0.15, -0.1) is 0 Å². The Morgan fingerprint density at radius 1 is 1.33 bits per heavy atom. The van der Waals surface area contributed by atoms with Gasteiger partial charge in [0.15, 0.2) is 0 Å². The fourth-order valence-electron chi connectivity index (χ4n) is 4.29. The zero-order valence-electron chi connectivity index (χ0n) is 13.0. The van der Waals surface area contributed by atoms with Crippen molar-refractivity contribution in [1.82, 2.24) is 10.6 Å². The van der Waals surface area contributed by atoms with Crippen LogP contribution in [0.1, 0.15) is 38.5 Å². The molecule has 3 atom stereocenters. The van der Waals surface area contributed by atoms with Crippen molar-refractivity contribution in [3.63, 3.8) is 0 Å². The molecule has 1 saturated carbocycles. The monoisotopic (exact) mass is 296 g/mol. The minimum absolute atomic E-state index is 0.198. The number of carbonyl (C=O) groups is 1. The number of hydrogen-bond acceptors (Lipinski definition) is 4. The van der Waals surface area contributed by atoms with E-state index in [0.717, 1.165) is 58.2 Å². The van der Waals surface area contributed by atoms with Crippen molar-refractivity contribution in [3.8, 4) is 0 Å². The quantitative estimate of drug-likeness (QED) is 0.815. The maximum atomic E-state index is 12.9. The van der Waals surface area contributed by atoms with Gasteiger partial charge in [0.05, 0.1) is 18.1 Å². The van der Waals surface area contributed by atoms with Crippen molar-refractivity contribution in [2.24, 2.45) is 11.3 Å². The molecule has 0 bridgehead atoms. The van der Waals surface area contributed by atoms with Gasteiger partial charge in [-0.3, -0.25) is 4.79 Å². The molecule has 1 aliphatic carbocycles. The third-order valence-electron chi connectivity index (χ3n) is 5.56. The number of carbonyl (C=O) groups excluding carboxylic acids is 1. The summed E-state index contributed by atoms with van der Waals surface area (Å²) >= 11 is 0. The summed E-state index contributed by atoms with van der Waals surface area (Å²) in [6, 6.07) is 0.294. The third-order valence-corrected chi connectivity index (χ3v) is 5.56. The first-order chi connectivity index (χ1) is 10.2. The smallest absolute Gasteiger partial charge is 0.228 e. The van der Waals surface area contributed by atoms with Crippen molar-refractivity contribution in [2.45, 2.75) is 50.7 Å². The Morgan fingerprint density at radius 3 is 2.90 bits per heavy atom. The van der Waals surface area contributed by atoms with Crippen LogP contribution in [-0.2, 0) is 14.3 Å². The van der Waals surface area contributed by atoms with Crippen LogP contribution in [0.5, 0.6) is 0 Å². The molecule has 0 spiro atoms. The molecule has 5 heteroatoms. The number of methoxy groups -OCH3 is 1. The highest BCUT2D eigenvalue weighted by molar-refractivity contribution is 5.83. The van der Waals surface area contributed by atoms with Gasteiger partial charge in [-0.25, -0.2) is 0 Å². The molecule has 1 amide bonds. The van der Waals surface area contributed by atoms with Gasteiger partial charge < -0.3 is 20.1 Å². The van der Waals surface area contributed by atoms with Crippen LogP contribution in [0, 0.1) is 11.3 Å². The van der Waals surface area contributed by atoms with Gasteiger partial charge in [-0.05, 0) is 51.6 Å². The number of ether oxygens (including phenoxy) is 2. The molecule has 5 nitrogen and oxygen atoms in total. The molecule has 2 aliphatic heterocycles. The van der Waals surface area contributed by atoms with Crippen LogP contribution in [0.25, 0.3) is 0 Å². The van der Waals surface area contributed by atoms with Crippen LogP contribution in [0.15, 0.2) is 0 Å². The summed E-state index contributed by atoms with van der Waals surface area (Å²) in [4.78, 5) is 12.9. The van der Waals surface area contributed by atoms with E-state index in [1.54, 1.807) is 7.11 Å². The predicted octanol–water partition coefficient (Wildman–Crippen LogP) is 1.08. The first-order valence-corrected chi connectivity index (χ1v) is 8.37. The van der Waals surface area contributed by atoms with Crippen molar-refractivity contribution >= 4 is 5.91 Å². The second-order valence-corrected chi connectivity index (χ2v) is 6.84. The Bertz CT molecular complexity index is 363. The van der Waals surface area contributed by atoms with E-state index in [4.69, 9.17) is 9.47 Å². The highest BCUT2D eigenvalue weighted by atomic mass is 16.5. The van der Waals surface area contributed by atoms with Crippen molar-refractivity contribution < 1.29 is 14.3 Å². The summed E-state index contributed by atoms with van der Waals surface area (Å²) in [7, 11) is 1.69. The second kappa shape index (κ2) is 6.63. The van der Waals surface area contributed by atoms with E-state index in [9.17, 15) is 4.79 Å². The Labute approximate surface area is 127 Å². The highest BCUT2D eigenvalue weighted by Crippen LogP contribution is 2.36. The van der Waals surface area contributed by atoms with E-state index in [0.29, 0.717) is 24.7 Å². The summed E-state index contributed by atoms with van der Waals surface area (Å²) in [6.45, 7) is 3.18. The zero-order valence-corrected chi connectivity index (χ0v) is 13.0. The zero-order chi connectivity index (χ0) is 14.7. The van der Waals surface area contributed by atoms with E-state index in [2.05, 4.69) is 10.6 Å².